The summed E-state index contributed by atoms with van der Waals surface area (Å²) >= 11 is 0. The maximum absolute atomic E-state index is 12.6. The van der Waals surface area contributed by atoms with Crippen LogP contribution in [0.4, 0.5) is 0 Å². The van der Waals surface area contributed by atoms with Crippen LogP contribution in [0.25, 0.3) is 11.1 Å². The molecule has 0 bridgehead atoms. The van der Waals surface area contributed by atoms with Gasteiger partial charge in [-0.2, -0.15) is 0 Å². The molecule has 10 nitrogen and oxygen atoms in total. The number of unbranched alkanes of at least 4 members (excludes halogenated alkanes) is 1. The third-order valence-corrected chi connectivity index (χ3v) is 8.90. The minimum Gasteiger partial charge on any atom is -0.465 e. The van der Waals surface area contributed by atoms with Crippen LogP contribution in [0.1, 0.15) is 52.4 Å². The van der Waals surface area contributed by atoms with E-state index in [-0.39, 0.29) is 18.5 Å². The molecule has 1 fully saturated rings. The quantitative estimate of drug-likeness (QED) is 0.358. The molecule has 36 heavy (non-hydrogen) atoms. The van der Waals surface area contributed by atoms with Gasteiger partial charge in [0.25, 0.3) is 5.91 Å². The Morgan fingerprint density at radius 1 is 1.08 bits per heavy atom. The molecular weight excluding hydrogens is 486 g/mol. The molecule has 0 radical (unpaired) electrons. The maximum atomic E-state index is 12.6. The predicted molar refractivity (Wildman–Crippen MR) is 134 cm³/mol. The normalized spacial score (nSPS) is 19.0. The monoisotopic (exact) mass is 515 g/mol. The number of methoxy groups -OCH3 is 1. The molecule has 2 aromatic carbocycles. The van der Waals surface area contributed by atoms with Gasteiger partial charge in [-0.1, -0.05) is 22.9 Å². The van der Waals surface area contributed by atoms with E-state index in [0.717, 1.165) is 38.9 Å². The first-order valence-electron chi connectivity index (χ1n) is 12.0. The third-order valence-electron chi connectivity index (χ3n) is 6.99. The summed E-state index contributed by atoms with van der Waals surface area (Å²) in [5.41, 5.74) is 1.74. The molecule has 2 aliphatic heterocycles. The van der Waals surface area contributed by atoms with Crippen LogP contribution in [0, 0.1) is 0 Å². The number of oxazole rings is 1. The molecule has 192 valence electrons. The molecular formula is C25H29N3O7S. The number of esters is 1. The van der Waals surface area contributed by atoms with Gasteiger partial charge >= 0.3 is 11.7 Å². The summed E-state index contributed by atoms with van der Waals surface area (Å²) in [4.78, 5) is 39.6. The van der Waals surface area contributed by atoms with Crippen molar-refractivity contribution in [1.82, 2.24) is 13.8 Å². The number of likely N-dealkylation sites (tertiary alicyclic amines) is 1. The molecule has 5 rings (SSSR count). The number of benzene rings is 2. The highest BCUT2D eigenvalue weighted by atomic mass is 32.3. The molecule has 1 saturated heterocycles. The van der Waals surface area contributed by atoms with Crippen LogP contribution in [0.3, 0.4) is 0 Å². The van der Waals surface area contributed by atoms with Crippen molar-refractivity contribution in [3.63, 3.8) is 0 Å². The zero-order valence-electron chi connectivity index (χ0n) is 20.0. The number of hydrogen-bond donors (Lipinski definition) is 2. The number of amides is 1. The first-order chi connectivity index (χ1) is 17.3. The largest absolute Gasteiger partial charge is 0.465 e. The summed E-state index contributed by atoms with van der Waals surface area (Å²) in [6, 6.07) is 11.5. The summed E-state index contributed by atoms with van der Waals surface area (Å²) in [7, 11) is -1.96. The van der Waals surface area contributed by atoms with Gasteiger partial charge in [-0.05, 0) is 62.6 Å². The molecule has 11 heteroatoms. The first kappa shape index (κ1) is 24.6. The second-order valence-corrected chi connectivity index (χ2v) is 11.0. The average molecular weight is 516 g/mol. The Morgan fingerprint density at radius 3 is 2.53 bits per heavy atom. The lowest BCUT2D eigenvalue weighted by molar-refractivity contribution is 0.0600. The minimum atomic E-state index is -3.26. The third kappa shape index (κ3) is 4.32. The van der Waals surface area contributed by atoms with E-state index in [0.29, 0.717) is 33.5 Å². The van der Waals surface area contributed by atoms with Crippen LogP contribution in [0.15, 0.2) is 56.6 Å². The van der Waals surface area contributed by atoms with E-state index in [1.165, 1.54) is 17.5 Å². The molecule has 2 aliphatic rings. The number of piperidine rings is 1. The van der Waals surface area contributed by atoms with Crippen molar-refractivity contribution in [2.24, 2.45) is 0 Å². The van der Waals surface area contributed by atoms with E-state index in [1.807, 2.05) is 0 Å². The SMILES string of the molecule is COC(=O)c1ccc2c(c1)oc(=O)n2C1CCN(CCCCN2C(=O)c3ccccc3S2(O)O)CC1. The number of ether oxygens (including phenoxy) is 1. The Balaban J connectivity index is 1.14. The standard InChI is InChI=1S/C25H29N3O7S/c1-34-24(30)17-8-9-20-21(16-17)35-25(31)28(20)18-10-14-26(15-11-18)12-4-5-13-27-23(29)19-6-2-3-7-22(19)36(27,32)33/h2-3,6-9,16,18,32-33H,4-5,10-15H2,1H3. The highest BCUT2D eigenvalue weighted by Gasteiger charge is 2.40. The molecule has 3 aromatic rings. The highest BCUT2D eigenvalue weighted by molar-refractivity contribution is 8.23. The topological polar surface area (TPSA) is 125 Å². The van der Waals surface area contributed by atoms with Crippen molar-refractivity contribution in [1.29, 1.82) is 0 Å². The Bertz CT molecular complexity index is 1360. The molecule has 0 saturated carbocycles. The Morgan fingerprint density at radius 2 is 1.81 bits per heavy atom. The van der Waals surface area contributed by atoms with Gasteiger partial charge in [0.1, 0.15) is 0 Å². The van der Waals surface area contributed by atoms with Crippen LogP contribution in [-0.2, 0) is 4.74 Å². The van der Waals surface area contributed by atoms with E-state index >= 15 is 0 Å². The molecule has 0 atom stereocenters. The summed E-state index contributed by atoms with van der Waals surface area (Å²) in [6.45, 7) is 2.74. The summed E-state index contributed by atoms with van der Waals surface area (Å²) in [6.07, 6.45) is 3.04. The Hall–Kier alpha value is -3.12. The van der Waals surface area contributed by atoms with Crippen molar-refractivity contribution in [3.05, 3.63) is 64.1 Å². The summed E-state index contributed by atoms with van der Waals surface area (Å²) < 4.78 is 34.2. The Labute approximate surface area is 209 Å². The van der Waals surface area contributed by atoms with Crippen molar-refractivity contribution in [3.8, 4) is 0 Å². The maximum Gasteiger partial charge on any atom is 0.420 e. The van der Waals surface area contributed by atoms with Gasteiger partial charge in [-0.15, -0.1) is 0 Å². The second-order valence-electron chi connectivity index (χ2n) is 9.11. The van der Waals surface area contributed by atoms with Crippen LogP contribution < -0.4 is 5.76 Å². The number of fused-ring (bicyclic) bond motifs is 2. The van der Waals surface area contributed by atoms with Crippen LogP contribution in [0.2, 0.25) is 0 Å². The molecule has 1 amide bonds. The minimum absolute atomic E-state index is 0.00713. The smallest absolute Gasteiger partial charge is 0.420 e. The second kappa shape index (κ2) is 9.74. The lowest BCUT2D eigenvalue weighted by Gasteiger charge is -2.37. The highest BCUT2D eigenvalue weighted by Crippen LogP contribution is 2.58. The number of carbonyl (C=O) groups is 2. The average Bonchev–Trinajstić information content (AvgIpc) is 3.31. The lowest BCUT2D eigenvalue weighted by atomic mass is 10.0. The van der Waals surface area contributed by atoms with E-state index in [1.54, 1.807) is 41.0 Å². The van der Waals surface area contributed by atoms with E-state index in [4.69, 9.17) is 9.15 Å². The Kier molecular flexibility index (Phi) is 6.64. The molecule has 0 spiro atoms. The van der Waals surface area contributed by atoms with Crippen molar-refractivity contribution in [2.75, 3.05) is 33.3 Å². The molecule has 1 aromatic heterocycles. The number of aromatic nitrogens is 1. The van der Waals surface area contributed by atoms with Gasteiger partial charge < -0.3 is 14.1 Å². The van der Waals surface area contributed by atoms with E-state index in [9.17, 15) is 23.5 Å². The zero-order chi connectivity index (χ0) is 25.4. The summed E-state index contributed by atoms with van der Waals surface area (Å²) in [5, 5.41) is 0. The molecule has 0 unspecified atom stereocenters. The van der Waals surface area contributed by atoms with E-state index in [2.05, 4.69) is 4.90 Å². The van der Waals surface area contributed by atoms with Gasteiger partial charge in [0.15, 0.2) is 5.58 Å². The molecule has 2 N–H and O–H groups in total. The van der Waals surface area contributed by atoms with Crippen LogP contribution in [-0.4, -0.2) is 68.0 Å². The lowest BCUT2D eigenvalue weighted by Crippen LogP contribution is -2.37. The van der Waals surface area contributed by atoms with Gasteiger partial charge in [0.2, 0.25) is 0 Å². The predicted octanol–water partition coefficient (Wildman–Crippen LogP) is 3.98. The molecule has 0 aliphatic carbocycles. The number of nitrogens with zero attached hydrogens (tertiary/aromatic N) is 3. The van der Waals surface area contributed by atoms with Crippen molar-refractivity contribution >= 4 is 33.8 Å². The number of rotatable bonds is 7. The fraction of sp³-hybridized carbons (Fsp3) is 0.400. The van der Waals surface area contributed by atoms with Crippen molar-refractivity contribution < 1.29 is 27.8 Å². The van der Waals surface area contributed by atoms with Gasteiger partial charge in [0.05, 0.1) is 28.6 Å². The number of hydrogen-bond acceptors (Lipinski definition) is 8. The van der Waals surface area contributed by atoms with E-state index < -0.39 is 22.5 Å². The zero-order valence-corrected chi connectivity index (χ0v) is 20.8. The van der Waals surface area contributed by atoms with Gasteiger partial charge in [-0.3, -0.25) is 18.5 Å². The van der Waals surface area contributed by atoms with Crippen LogP contribution >= 0.6 is 10.8 Å². The fourth-order valence-electron chi connectivity index (χ4n) is 5.10. The van der Waals surface area contributed by atoms with Gasteiger partial charge in [-0.25, -0.2) is 13.9 Å². The van der Waals surface area contributed by atoms with Crippen molar-refractivity contribution in [2.45, 2.75) is 36.6 Å². The van der Waals surface area contributed by atoms with Gasteiger partial charge in [0, 0.05) is 25.7 Å². The summed E-state index contributed by atoms with van der Waals surface area (Å²) in [5.74, 6) is -1.24. The molecule has 3 heterocycles. The fourth-order valence-corrected chi connectivity index (χ4v) is 6.76. The number of carbonyl (C=O) groups excluding carboxylic acids is 2. The van der Waals surface area contributed by atoms with Crippen LogP contribution in [0.5, 0.6) is 0 Å². The first-order valence-corrected chi connectivity index (χ1v) is 13.5.